The molecule has 0 aliphatic carbocycles. The Morgan fingerprint density at radius 1 is 1.03 bits per heavy atom. The Kier molecular flexibility index (Phi) is 6.50. The zero-order valence-corrected chi connectivity index (χ0v) is 20.0. The molecule has 4 rings (SSSR count). The fraction of sp³-hybridized carbons (Fsp3) is 0.231. The highest BCUT2D eigenvalue weighted by Gasteiger charge is 2.22. The molecule has 0 atom stereocenters. The Balaban J connectivity index is 1.56. The smallest absolute Gasteiger partial charge is 0.291 e. The van der Waals surface area contributed by atoms with Gasteiger partial charge in [0.05, 0.1) is 5.56 Å². The highest BCUT2D eigenvalue weighted by molar-refractivity contribution is 5.99. The molecule has 0 aliphatic heterocycles. The Bertz CT molecular complexity index is 1500. The van der Waals surface area contributed by atoms with Crippen LogP contribution in [-0.2, 0) is 17.9 Å². The number of carbonyl (C=O) groups excluding carboxylic acids is 2. The second kappa shape index (κ2) is 9.54. The Labute approximate surface area is 201 Å². The third kappa shape index (κ3) is 4.84. The maximum absolute atomic E-state index is 13.8. The van der Waals surface area contributed by atoms with E-state index in [1.165, 1.54) is 12.4 Å². The zero-order valence-electron chi connectivity index (χ0n) is 20.0. The first-order valence-corrected chi connectivity index (χ1v) is 11.1. The van der Waals surface area contributed by atoms with Crippen LogP contribution in [0.3, 0.4) is 0 Å². The van der Waals surface area contributed by atoms with E-state index in [-0.39, 0.29) is 23.7 Å². The van der Waals surface area contributed by atoms with Gasteiger partial charge in [-0.2, -0.15) is 5.10 Å². The molecule has 0 radical (unpaired) electrons. The number of anilines is 1. The van der Waals surface area contributed by atoms with Crippen LogP contribution in [0.25, 0.3) is 5.52 Å². The molecule has 2 aromatic carbocycles. The average molecular weight is 476 g/mol. The minimum absolute atomic E-state index is 0.271. The van der Waals surface area contributed by atoms with Gasteiger partial charge in [0.1, 0.15) is 24.2 Å². The summed E-state index contributed by atoms with van der Waals surface area (Å²) in [6, 6.07) is 12.2. The molecule has 0 bridgehead atoms. The molecular formula is C26H26FN5O3. The molecule has 0 spiro atoms. The van der Waals surface area contributed by atoms with E-state index in [2.05, 4.69) is 15.7 Å². The molecule has 2 heterocycles. The lowest BCUT2D eigenvalue weighted by Gasteiger charge is -2.08. The number of hydrogen-bond donors (Lipinski definition) is 2. The number of aromatic nitrogens is 3. The van der Waals surface area contributed by atoms with Crippen molar-refractivity contribution >= 4 is 23.0 Å². The zero-order chi connectivity index (χ0) is 25.3. The number of carbonyl (C=O) groups is 2. The lowest BCUT2D eigenvalue weighted by molar-refractivity contribution is -0.117. The molecule has 0 saturated heterocycles. The summed E-state index contributed by atoms with van der Waals surface area (Å²) in [4.78, 5) is 38.6. The Hall–Kier alpha value is -4.27. The molecule has 2 aromatic heterocycles. The van der Waals surface area contributed by atoms with Gasteiger partial charge in [-0.15, -0.1) is 0 Å². The SMILES string of the molecule is Cc1ccc(CNC(=O)c2c(C)c3c(=O)n(CC(=O)Nc4ccc(C)c(F)c4)ncn3c2C)cc1. The minimum Gasteiger partial charge on any atom is -0.348 e. The summed E-state index contributed by atoms with van der Waals surface area (Å²) in [5, 5.41) is 9.57. The van der Waals surface area contributed by atoms with E-state index >= 15 is 0 Å². The van der Waals surface area contributed by atoms with Crippen LogP contribution >= 0.6 is 0 Å². The summed E-state index contributed by atoms with van der Waals surface area (Å²) in [6.45, 7) is 7.05. The van der Waals surface area contributed by atoms with Crippen LogP contribution in [0.5, 0.6) is 0 Å². The number of hydrogen-bond acceptors (Lipinski definition) is 4. The number of benzene rings is 2. The summed E-state index contributed by atoms with van der Waals surface area (Å²) in [5.74, 6) is -1.26. The average Bonchev–Trinajstić information content (AvgIpc) is 3.07. The first kappa shape index (κ1) is 23.9. The van der Waals surface area contributed by atoms with E-state index < -0.39 is 17.3 Å². The number of aryl methyl sites for hydroxylation is 4. The molecule has 0 aliphatic rings. The van der Waals surface area contributed by atoms with Crippen molar-refractivity contribution in [1.29, 1.82) is 0 Å². The standard InChI is InChI=1S/C26H26FN5O3/c1-15-5-8-19(9-6-15)12-28-25(34)23-17(3)24-26(35)32(29-14-31(24)18(23)4)13-22(33)30-20-10-7-16(2)21(27)11-20/h5-11,14H,12-13H2,1-4H3,(H,28,34)(H,30,33). The van der Waals surface area contributed by atoms with Crippen molar-refractivity contribution in [3.8, 4) is 0 Å². The molecule has 180 valence electrons. The monoisotopic (exact) mass is 475 g/mol. The topological polar surface area (TPSA) is 97.5 Å². The van der Waals surface area contributed by atoms with Crippen LogP contribution < -0.4 is 16.2 Å². The van der Waals surface area contributed by atoms with E-state index in [1.807, 2.05) is 31.2 Å². The predicted molar refractivity (Wildman–Crippen MR) is 131 cm³/mol. The number of nitrogens with one attached hydrogen (secondary N) is 2. The van der Waals surface area contributed by atoms with Crippen molar-refractivity contribution in [3.05, 3.63) is 98.5 Å². The Morgan fingerprint density at radius 2 is 1.74 bits per heavy atom. The van der Waals surface area contributed by atoms with Crippen LogP contribution in [0.1, 0.15) is 38.3 Å². The van der Waals surface area contributed by atoms with E-state index in [9.17, 15) is 18.8 Å². The number of amides is 2. The second-order valence-corrected chi connectivity index (χ2v) is 8.58. The lowest BCUT2D eigenvalue weighted by Crippen LogP contribution is -2.30. The van der Waals surface area contributed by atoms with E-state index in [0.29, 0.717) is 28.9 Å². The van der Waals surface area contributed by atoms with E-state index in [1.54, 1.807) is 37.3 Å². The fourth-order valence-corrected chi connectivity index (χ4v) is 3.99. The van der Waals surface area contributed by atoms with Gasteiger partial charge in [0, 0.05) is 17.9 Å². The van der Waals surface area contributed by atoms with Crippen molar-refractivity contribution in [1.82, 2.24) is 19.5 Å². The highest BCUT2D eigenvalue weighted by Crippen LogP contribution is 2.20. The van der Waals surface area contributed by atoms with Crippen molar-refractivity contribution in [3.63, 3.8) is 0 Å². The molecule has 8 nitrogen and oxygen atoms in total. The van der Waals surface area contributed by atoms with Crippen molar-refractivity contribution in [2.75, 3.05) is 5.32 Å². The maximum atomic E-state index is 13.8. The number of rotatable bonds is 6. The van der Waals surface area contributed by atoms with Crippen LogP contribution in [0.2, 0.25) is 0 Å². The molecule has 4 aromatic rings. The summed E-state index contributed by atoms with van der Waals surface area (Å²) in [5.41, 5.74) is 4.09. The minimum atomic E-state index is -0.524. The third-order valence-corrected chi connectivity index (χ3v) is 5.99. The highest BCUT2D eigenvalue weighted by atomic mass is 19.1. The molecular weight excluding hydrogens is 449 g/mol. The molecule has 2 N–H and O–H groups in total. The Morgan fingerprint density at radius 3 is 2.43 bits per heavy atom. The normalized spacial score (nSPS) is 11.0. The third-order valence-electron chi connectivity index (χ3n) is 5.99. The maximum Gasteiger partial charge on any atom is 0.291 e. The van der Waals surface area contributed by atoms with Gasteiger partial charge in [0.15, 0.2) is 0 Å². The molecule has 2 amide bonds. The number of fused-ring (bicyclic) bond motifs is 1. The molecule has 0 unspecified atom stereocenters. The first-order valence-electron chi connectivity index (χ1n) is 11.1. The molecule has 9 heteroatoms. The van der Waals surface area contributed by atoms with Crippen molar-refractivity contribution in [2.45, 2.75) is 40.8 Å². The summed E-state index contributed by atoms with van der Waals surface area (Å²) in [7, 11) is 0. The van der Waals surface area contributed by atoms with Crippen LogP contribution in [0, 0.1) is 33.5 Å². The summed E-state index contributed by atoms with van der Waals surface area (Å²) >= 11 is 0. The quantitative estimate of drug-likeness (QED) is 0.446. The van der Waals surface area contributed by atoms with Crippen LogP contribution in [0.4, 0.5) is 10.1 Å². The van der Waals surface area contributed by atoms with Gasteiger partial charge in [0.25, 0.3) is 11.5 Å². The van der Waals surface area contributed by atoms with Gasteiger partial charge < -0.3 is 10.6 Å². The summed E-state index contributed by atoms with van der Waals surface area (Å²) < 4.78 is 16.3. The van der Waals surface area contributed by atoms with Crippen molar-refractivity contribution < 1.29 is 14.0 Å². The number of nitrogens with zero attached hydrogens (tertiary/aromatic N) is 3. The molecule has 0 fully saturated rings. The van der Waals surface area contributed by atoms with Gasteiger partial charge in [-0.25, -0.2) is 9.07 Å². The van der Waals surface area contributed by atoms with Crippen LogP contribution in [-0.4, -0.2) is 26.0 Å². The van der Waals surface area contributed by atoms with Crippen LogP contribution in [0.15, 0.2) is 53.6 Å². The van der Waals surface area contributed by atoms with Gasteiger partial charge in [-0.1, -0.05) is 35.9 Å². The molecule has 0 saturated carbocycles. The van der Waals surface area contributed by atoms with Gasteiger partial charge >= 0.3 is 0 Å². The lowest BCUT2D eigenvalue weighted by atomic mass is 10.1. The molecule has 35 heavy (non-hydrogen) atoms. The fourth-order valence-electron chi connectivity index (χ4n) is 3.99. The van der Waals surface area contributed by atoms with E-state index in [0.717, 1.165) is 15.8 Å². The van der Waals surface area contributed by atoms with Gasteiger partial charge in [-0.05, 0) is 56.5 Å². The summed E-state index contributed by atoms with van der Waals surface area (Å²) in [6.07, 6.45) is 1.41. The number of halogens is 1. The van der Waals surface area contributed by atoms with Gasteiger partial charge in [-0.3, -0.25) is 18.8 Å². The van der Waals surface area contributed by atoms with Crippen molar-refractivity contribution in [2.24, 2.45) is 0 Å². The first-order chi connectivity index (χ1) is 16.7. The second-order valence-electron chi connectivity index (χ2n) is 8.58. The largest absolute Gasteiger partial charge is 0.348 e. The predicted octanol–water partition coefficient (Wildman–Crippen LogP) is 3.44. The van der Waals surface area contributed by atoms with Gasteiger partial charge in [0.2, 0.25) is 5.91 Å². The van der Waals surface area contributed by atoms with E-state index in [4.69, 9.17) is 0 Å².